The minimum Gasteiger partial charge on any atom is -0.443 e. The second kappa shape index (κ2) is 7.73. The molecule has 6 nitrogen and oxygen atoms in total. The Labute approximate surface area is 161 Å². The van der Waals surface area contributed by atoms with Crippen LogP contribution in [0.3, 0.4) is 0 Å². The summed E-state index contributed by atoms with van der Waals surface area (Å²) in [6.45, 7) is 0. The number of thiophene rings is 1. The first-order valence-electron chi connectivity index (χ1n) is 7.60. The highest BCUT2D eigenvalue weighted by atomic mass is 35.5. The van der Waals surface area contributed by atoms with E-state index in [9.17, 15) is 18.8 Å². The van der Waals surface area contributed by atoms with Gasteiger partial charge in [-0.15, -0.1) is 11.3 Å². The van der Waals surface area contributed by atoms with Crippen LogP contribution >= 0.6 is 22.9 Å². The second-order valence-electron chi connectivity index (χ2n) is 5.44. The van der Waals surface area contributed by atoms with Crippen molar-refractivity contribution in [2.75, 3.05) is 0 Å². The maximum atomic E-state index is 13.4. The van der Waals surface area contributed by atoms with Crippen LogP contribution in [0.25, 0.3) is 10.1 Å². The predicted octanol–water partition coefficient (Wildman–Crippen LogP) is 3.79. The van der Waals surface area contributed by atoms with Gasteiger partial charge in [0.05, 0.1) is 5.02 Å². The van der Waals surface area contributed by atoms with E-state index in [1.807, 2.05) is 5.32 Å². The molecule has 0 fully saturated rings. The first-order chi connectivity index (χ1) is 12.9. The normalized spacial score (nSPS) is 11.8. The number of carbonyl (C=O) groups excluding carboxylic acids is 3. The van der Waals surface area contributed by atoms with Crippen molar-refractivity contribution in [3.63, 3.8) is 0 Å². The van der Waals surface area contributed by atoms with Crippen molar-refractivity contribution in [2.24, 2.45) is 5.73 Å². The first kappa shape index (κ1) is 18.8. The number of benzene rings is 2. The minimum atomic E-state index is -1.41. The third-order valence-electron chi connectivity index (χ3n) is 3.59. The molecule has 2 aromatic carbocycles. The lowest BCUT2D eigenvalue weighted by atomic mass is 10.1. The van der Waals surface area contributed by atoms with Crippen LogP contribution < -0.4 is 11.1 Å². The lowest BCUT2D eigenvalue weighted by molar-refractivity contribution is -0.129. The molecular weight excluding hydrogens is 395 g/mol. The quantitative estimate of drug-likeness (QED) is 0.644. The van der Waals surface area contributed by atoms with Crippen LogP contribution in [-0.4, -0.2) is 17.9 Å². The number of fused-ring (bicyclic) bond motifs is 1. The van der Waals surface area contributed by atoms with E-state index in [1.54, 1.807) is 30.3 Å². The number of nitrogens with one attached hydrogen (secondary N) is 1. The zero-order valence-corrected chi connectivity index (χ0v) is 15.1. The number of halogens is 2. The molecule has 3 rings (SSSR count). The topological polar surface area (TPSA) is 98.5 Å². The van der Waals surface area contributed by atoms with Crippen molar-refractivity contribution in [3.05, 3.63) is 69.8 Å². The summed E-state index contributed by atoms with van der Waals surface area (Å²) in [5.41, 5.74) is 5.32. The Morgan fingerprint density at radius 2 is 1.85 bits per heavy atom. The van der Waals surface area contributed by atoms with Crippen LogP contribution in [0, 0.1) is 5.82 Å². The maximum Gasteiger partial charge on any atom is 0.351 e. The largest absolute Gasteiger partial charge is 0.443 e. The van der Waals surface area contributed by atoms with E-state index in [4.69, 9.17) is 22.1 Å². The number of amides is 3. The van der Waals surface area contributed by atoms with Crippen LogP contribution in [0.5, 0.6) is 0 Å². The third-order valence-corrected chi connectivity index (χ3v) is 5.23. The van der Waals surface area contributed by atoms with Gasteiger partial charge in [0.15, 0.2) is 0 Å². The SMILES string of the molecule is NC(=O)NC(=O)[C@@H](OC(=O)c1sc2cc(F)ccc2c1Cl)c1ccccc1. The number of rotatable bonds is 4. The minimum absolute atomic E-state index is 0.0186. The molecule has 9 heteroatoms. The van der Waals surface area contributed by atoms with Crippen molar-refractivity contribution in [3.8, 4) is 0 Å². The molecule has 1 aromatic heterocycles. The van der Waals surface area contributed by atoms with Gasteiger partial charge in [0.2, 0.25) is 6.10 Å². The summed E-state index contributed by atoms with van der Waals surface area (Å²) in [7, 11) is 0. The van der Waals surface area contributed by atoms with Gasteiger partial charge in [0.25, 0.3) is 5.91 Å². The van der Waals surface area contributed by atoms with E-state index in [2.05, 4.69) is 0 Å². The van der Waals surface area contributed by atoms with E-state index >= 15 is 0 Å². The molecular formula is C18H12ClFN2O4S. The lowest BCUT2D eigenvalue weighted by Gasteiger charge is -2.16. The Balaban J connectivity index is 1.94. The number of carbonyl (C=O) groups is 3. The van der Waals surface area contributed by atoms with Gasteiger partial charge >= 0.3 is 12.0 Å². The number of hydrogen-bond donors (Lipinski definition) is 2. The number of esters is 1. The average Bonchev–Trinajstić information content (AvgIpc) is 2.95. The average molecular weight is 407 g/mol. The summed E-state index contributed by atoms with van der Waals surface area (Å²) in [4.78, 5) is 35.9. The molecule has 1 atom stereocenters. The Morgan fingerprint density at radius 3 is 2.52 bits per heavy atom. The fourth-order valence-corrected chi connectivity index (χ4v) is 3.83. The number of imide groups is 1. The molecule has 0 unspecified atom stereocenters. The highest BCUT2D eigenvalue weighted by Gasteiger charge is 2.28. The summed E-state index contributed by atoms with van der Waals surface area (Å²) >= 11 is 7.15. The predicted molar refractivity (Wildman–Crippen MR) is 99.1 cm³/mol. The number of hydrogen-bond acceptors (Lipinski definition) is 5. The molecule has 3 N–H and O–H groups in total. The van der Waals surface area contributed by atoms with Crippen molar-refractivity contribution in [1.82, 2.24) is 5.32 Å². The summed E-state index contributed by atoms with van der Waals surface area (Å²) in [6, 6.07) is 11.0. The van der Waals surface area contributed by atoms with Crippen molar-refractivity contribution < 1.29 is 23.5 Å². The van der Waals surface area contributed by atoms with E-state index in [1.165, 1.54) is 18.2 Å². The molecule has 0 spiro atoms. The maximum absolute atomic E-state index is 13.4. The smallest absolute Gasteiger partial charge is 0.351 e. The molecule has 1 heterocycles. The molecule has 0 saturated carbocycles. The van der Waals surface area contributed by atoms with Gasteiger partial charge in [0.1, 0.15) is 10.7 Å². The molecule has 0 aliphatic heterocycles. The highest BCUT2D eigenvalue weighted by molar-refractivity contribution is 7.21. The van der Waals surface area contributed by atoms with Gasteiger partial charge in [0, 0.05) is 15.6 Å². The lowest BCUT2D eigenvalue weighted by Crippen LogP contribution is -2.39. The van der Waals surface area contributed by atoms with Crippen LogP contribution in [0.15, 0.2) is 48.5 Å². The fourth-order valence-electron chi connectivity index (χ4n) is 2.42. The molecule has 27 heavy (non-hydrogen) atoms. The van der Waals surface area contributed by atoms with Crippen LogP contribution in [0.1, 0.15) is 21.3 Å². The third kappa shape index (κ3) is 4.07. The number of primary amides is 1. The molecule has 0 radical (unpaired) electrons. The number of nitrogens with two attached hydrogens (primary N) is 1. The standard InChI is InChI=1S/C18H12ClFN2O4S/c19-13-11-7-6-10(20)8-12(11)27-15(13)17(24)26-14(16(23)22-18(21)25)9-4-2-1-3-5-9/h1-8,14H,(H3,21,22,23,25)/t14-/m0/s1. The van der Waals surface area contributed by atoms with Crippen LogP contribution in [0.2, 0.25) is 5.02 Å². The molecule has 0 bridgehead atoms. The highest BCUT2D eigenvalue weighted by Crippen LogP contribution is 2.37. The van der Waals surface area contributed by atoms with Crippen molar-refractivity contribution >= 4 is 50.9 Å². The van der Waals surface area contributed by atoms with Gasteiger partial charge < -0.3 is 10.5 Å². The molecule has 138 valence electrons. The molecule has 0 aliphatic carbocycles. The van der Waals surface area contributed by atoms with Crippen molar-refractivity contribution in [2.45, 2.75) is 6.10 Å². The van der Waals surface area contributed by atoms with Crippen molar-refractivity contribution in [1.29, 1.82) is 0 Å². The summed E-state index contributed by atoms with van der Waals surface area (Å²) < 4.78 is 19.2. The van der Waals surface area contributed by atoms with Gasteiger partial charge in [-0.25, -0.2) is 14.0 Å². The van der Waals surface area contributed by atoms with Crippen LogP contribution in [0.4, 0.5) is 9.18 Å². The second-order valence-corrected chi connectivity index (χ2v) is 6.87. The van der Waals surface area contributed by atoms with E-state index < -0.39 is 29.8 Å². The van der Waals surface area contributed by atoms with Gasteiger partial charge in [-0.3, -0.25) is 10.1 Å². The Bertz CT molecular complexity index is 1040. The molecule has 0 saturated heterocycles. The number of urea groups is 1. The summed E-state index contributed by atoms with van der Waals surface area (Å²) in [5.74, 6) is -2.25. The fraction of sp³-hybridized carbons (Fsp3) is 0.0556. The van der Waals surface area contributed by atoms with Gasteiger partial charge in [-0.2, -0.15) is 0 Å². The van der Waals surface area contributed by atoms with E-state index in [0.29, 0.717) is 15.6 Å². The van der Waals surface area contributed by atoms with E-state index in [0.717, 1.165) is 11.3 Å². The summed E-state index contributed by atoms with van der Waals surface area (Å²) in [6.07, 6.45) is -1.41. The monoisotopic (exact) mass is 406 g/mol. The molecule has 3 aromatic rings. The Kier molecular flexibility index (Phi) is 5.38. The zero-order valence-electron chi connectivity index (χ0n) is 13.6. The summed E-state index contributed by atoms with van der Waals surface area (Å²) in [5, 5.41) is 2.48. The number of ether oxygens (including phenoxy) is 1. The Hall–Kier alpha value is -2.97. The zero-order chi connectivity index (χ0) is 19.6. The first-order valence-corrected chi connectivity index (χ1v) is 8.80. The van der Waals surface area contributed by atoms with Gasteiger partial charge in [-0.1, -0.05) is 41.9 Å². The molecule has 3 amide bonds. The van der Waals surface area contributed by atoms with E-state index in [-0.39, 0.29) is 9.90 Å². The molecule has 0 aliphatic rings. The van der Waals surface area contributed by atoms with Gasteiger partial charge in [-0.05, 0) is 18.2 Å². The Morgan fingerprint density at radius 1 is 1.15 bits per heavy atom. The van der Waals surface area contributed by atoms with Crippen LogP contribution in [-0.2, 0) is 9.53 Å².